The molecule has 31 heavy (non-hydrogen) atoms. The first kappa shape index (κ1) is 19.6. The molecule has 7 nitrogen and oxygen atoms in total. The molecule has 4 heterocycles. The minimum absolute atomic E-state index is 0.00781. The van der Waals surface area contributed by atoms with Gasteiger partial charge in [-0.1, -0.05) is 12.1 Å². The van der Waals surface area contributed by atoms with Gasteiger partial charge < -0.3 is 15.1 Å². The Balaban J connectivity index is 1.39. The van der Waals surface area contributed by atoms with Crippen molar-refractivity contribution in [1.29, 1.82) is 0 Å². The lowest BCUT2D eigenvalue weighted by atomic mass is 9.94. The number of carbonyl (C=O) groups excluding carboxylic acids is 1. The Labute approximate surface area is 182 Å². The molecular formula is C24H28N6O. The first-order valence-corrected chi connectivity index (χ1v) is 10.9. The second kappa shape index (κ2) is 7.72. The van der Waals surface area contributed by atoms with E-state index >= 15 is 0 Å². The number of nitrogens with zero attached hydrogens (tertiary/aromatic N) is 5. The molecular weight excluding hydrogens is 388 g/mol. The number of fused-ring (bicyclic) bond motifs is 2. The molecule has 2 aromatic heterocycles. The van der Waals surface area contributed by atoms with E-state index in [4.69, 9.17) is 0 Å². The van der Waals surface area contributed by atoms with Crippen LogP contribution in [-0.4, -0.2) is 33.8 Å². The van der Waals surface area contributed by atoms with Crippen LogP contribution in [0.3, 0.4) is 0 Å². The van der Waals surface area contributed by atoms with Crippen LogP contribution in [0.4, 0.5) is 23.0 Å². The van der Waals surface area contributed by atoms with Crippen molar-refractivity contribution >= 4 is 28.9 Å². The smallest absolute Gasteiger partial charge is 0.230 e. The average Bonchev–Trinajstić information content (AvgIpc) is 3.02. The second-order valence-electron chi connectivity index (χ2n) is 8.61. The Kier molecular flexibility index (Phi) is 4.88. The molecule has 0 unspecified atom stereocenters. The lowest BCUT2D eigenvalue weighted by Crippen LogP contribution is -2.42. The number of piperidine rings is 1. The molecule has 7 heteroatoms. The van der Waals surface area contributed by atoms with E-state index in [1.54, 1.807) is 0 Å². The fourth-order valence-corrected chi connectivity index (χ4v) is 4.61. The number of benzene rings is 1. The summed E-state index contributed by atoms with van der Waals surface area (Å²) in [5.41, 5.74) is 5.10. The van der Waals surface area contributed by atoms with E-state index in [1.807, 2.05) is 41.9 Å². The highest BCUT2D eigenvalue weighted by Crippen LogP contribution is 2.38. The molecule has 1 fully saturated rings. The maximum Gasteiger partial charge on any atom is 0.230 e. The summed E-state index contributed by atoms with van der Waals surface area (Å²) < 4.78 is 1.84. The van der Waals surface area contributed by atoms with Crippen molar-refractivity contribution in [3.63, 3.8) is 0 Å². The van der Waals surface area contributed by atoms with Crippen LogP contribution in [0.5, 0.6) is 0 Å². The van der Waals surface area contributed by atoms with Crippen LogP contribution in [-0.2, 0) is 18.4 Å². The van der Waals surface area contributed by atoms with Gasteiger partial charge in [-0.15, -0.1) is 0 Å². The van der Waals surface area contributed by atoms with Gasteiger partial charge in [0.05, 0.1) is 24.1 Å². The van der Waals surface area contributed by atoms with Crippen LogP contribution < -0.4 is 15.1 Å². The van der Waals surface area contributed by atoms with E-state index in [-0.39, 0.29) is 11.8 Å². The number of pyridine rings is 1. The van der Waals surface area contributed by atoms with Gasteiger partial charge in [0.15, 0.2) is 0 Å². The van der Waals surface area contributed by atoms with Gasteiger partial charge >= 0.3 is 0 Å². The number of carbonyl (C=O) groups is 1. The first-order valence-electron chi connectivity index (χ1n) is 10.9. The van der Waals surface area contributed by atoms with Gasteiger partial charge in [-0.25, -0.2) is 4.98 Å². The second-order valence-corrected chi connectivity index (χ2v) is 8.61. The van der Waals surface area contributed by atoms with E-state index in [2.05, 4.69) is 51.5 Å². The van der Waals surface area contributed by atoms with Gasteiger partial charge in [0.25, 0.3) is 0 Å². The molecule has 1 aromatic carbocycles. The van der Waals surface area contributed by atoms with Crippen molar-refractivity contribution in [2.75, 3.05) is 28.2 Å². The number of aryl methyl sites for hydroxylation is 3. The third-order valence-electron chi connectivity index (χ3n) is 6.35. The molecule has 3 aromatic rings. The topological polar surface area (TPSA) is 66.3 Å². The summed E-state index contributed by atoms with van der Waals surface area (Å²) in [6.45, 7) is 6.30. The van der Waals surface area contributed by atoms with Crippen LogP contribution in [0.1, 0.15) is 29.7 Å². The van der Waals surface area contributed by atoms with E-state index in [0.717, 1.165) is 65.8 Å². The van der Waals surface area contributed by atoms with Crippen molar-refractivity contribution < 1.29 is 4.79 Å². The monoisotopic (exact) mass is 416 g/mol. The van der Waals surface area contributed by atoms with Crippen molar-refractivity contribution in [2.45, 2.75) is 33.2 Å². The van der Waals surface area contributed by atoms with Gasteiger partial charge in [-0.05, 0) is 56.5 Å². The average molecular weight is 417 g/mol. The maximum atomic E-state index is 13.7. The predicted molar refractivity (Wildman–Crippen MR) is 123 cm³/mol. The molecule has 2 aliphatic rings. The fraction of sp³-hybridized carbons (Fsp3) is 0.375. The van der Waals surface area contributed by atoms with Crippen molar-refractivity contribution in [3.05, 3.63) is 59.4 Å². The Morgan fingerprint density at radius 3 is 2.71 bits per heavy atom. The van der Waals surface area contributed by atoms with Gasteiger partial charge in [0, 0.05) is 37.3 Å². The first-order chi connectivity index (χ1) is 15.0. The van der Waals surface area contributed by atoms with Gasteiger partial charge in [-0.3, -0.25) is 9.48 Å². The number of hydrogen-bond donors (Lipinski definition) is 1. The predicted octanol–water partition coefficient (Wildman–Crippen LogP) is 3.94. The largest absolute Gasteiger partial charge is 0.357 e. The van der Waals surface area contributed by atoms with E-state index in [0.29, 0.717) is 6.54 Å². The van der Waals surface area contributed by atoms with E-state index in [9.17, 15) is 4.79 Å². The normalized spacial score (nSPS) is 16.4. The lowest BCUT2D eigenvalue weighted by molar-refractivity contribution is -0.123. The summed E-state index contributed by atoms with van der Waals surface area (Å²) in [5.74, 6) is 2.15. The van der Waals surface area contributed by atoms with Crippen molar-refractivity contribution in [3.8, 4) is 0 Å². The molecule has 0 atom stereocenters. The Hall–Kier alpha value is -3.35. The highest BCUT2D eigenvalue weighted by atomic mass is 16.2. The van der Waals surface area contributed by atoms with Crippen LogP contribution in [0, 0.1) is 19.8 Å². The highest BCUT2D eigenvalue weighted by Gasteiger charge is 2.33. The van der Waals surface area contributed by atoms with Crippen molar-refractivity contribution in [2.24, 2.45) is 13.0 Å². The third kappa shape index (κ3) is 3.65. The SMILES string of the molecule is Cc1ccc2c(c1)Nc1c(cnn1C)CN2C(=O)C1CCN(c2cccc(C)n2)CC1. The zero-order chi connectivity index (χ0) is 21.5. The molecule has 1 amide bonds. The van der Waals surface area contributed by atoms with Crippen LogP contribution in [0.2, 0.25) is 0 Å². The third-order valence-corrected chi connectivity index (χ3v) is 6.35. The fourth-order valence-electron chi connectivity index (χ4n) is 4.61. The van der Waals surface area contributed by atoms with Crippen LogP contribution >= 0.6 is 0 Å². The quantitative estimate of drug-likeness (QED) is 0.685. The minimum atomic E-state index is 0.00781. The van der Waals surface area contributed by atoms with E-state index < -0.39 is 0 Å². The molecule has 160 valence electrons. The summed E-state index contributed by atoms with van der Waals surface area (Å²) in [5, 5.41) is 7.90. The molecule has 0 saturated carbocycles. The number of anilines is 4. The van der Waals surface area contributed by atoms with Gasteiger partial charge in [0.1, 0.15) is 11.6 Å². The highest BCUT2D eigenvalue weighted by molar-refractivity contribution is 5.99. The number of aromatic nitrogens is 3. The molecule has 0 spiro atoms. The summed E-state index contributed by atoms with van der Waals surface area (Å²) >= 11 is 0. The molecule has 0 bridgehead atoms. The number of hydrogen-bond acceptors (Lipinski definition) is 5. The number of nitrogens with one attached hydrogen (secondary N) is 1. The standard InChI is InChI=1S/C24H28N6O/c1-16-7-8-21-20(13-16)27-23-19(14-25-28(23)3)15-30(21)24(31)18-9-11-29(12-10-18)22-6-4-5-17(2)26-22/h4-8,13-14,18,27H,9-12,15H2,1-3H3. The zero-order valence-electron chi connectivity index (χ0n) is 18.3. The summed E-state index contributed by atoms with van der Waals surface area (Å²) in [6.07, 6.45) is 3.52. The molecule has 5 rings (SSSR count). The zero-order valence-corrected chi connectivity index (χ0v) is 18.3. The number of rotatable bonds is 2. The lowest BCUT2D eigenvalue weighted by Gasteiger charge is -2.35. The van der Waals surface area contributed by atoms with Crippen LogP contribution in [0.25, 0.3) is 0 Å². The molecule has 2 aliphatic heterocycles. The molecule has 0 radical (unpaired) electrons. The Bertz CT molecular complexity index is 1130. The Morgan fingerprint density at radius 2 is 1.94 bits per heavy atom. The Morgan fingerprint density at radius 1 is 1.13 bits per heavy atom. The maximum absolute atomic E-state index is 13.7. The van der Waals surface area contributed by atoms with Gasteiger partial charge in [-0.2, -0.15) is 5.10 Å². The molecule has 1 saturated heterocycles. The summed E-state index contributed by atoms with van der Waals surface area (Å²) in [4.78, 5) is 22.6. The molecule has 1 N–H and O–H groups in total. The number of amides is 1. The summed E-state index contributed by atoms with van der Waals surface area (Å²) in [7, 11) is 1.92. The van der Waals surface area contributed by atoms with Crippen molar-refractivity contribution in [1.82, 2.24) is 14.8 Å². The van der Waals surface area contributed by atoms with E-state index in [1.165, 1.54) is 0 Å². The summed E-state index contributed by atoms with van der Waals surface area (Å²) in [6, 6.07) is 12.3. The van der Waals surface area contributed by atoms with Crippen LogP contribution in [0.15, 0.2) is 42.6 Å². The minimum Gasteiger partial charge on any atom is -0.357 e. The van der Waals surface area contributed by atoms with Gasteiger partial charge in [0.2, 0.25) is 5.91 Å². The molecule has 0 aliphatic carbocycles.